The second-order valence-corrected chi connectivity index (χ2v) is 7.15. The van der Waals surface area contributed by atoms with Crippen molar-refractivity contribution in [1.29, 1.82) is 0 Å². The summed E-state index contributed by atoms with van der Waals surface area (Å²) in [6, 6.07) is 12.7. The molecule has 0 aromatic heterocycles. The summed E-state index contributed by atoms with van der Waals surface area (Å²) in [5.41, 5.74) is 2.24. The van der Waals surface area contributed by atoms with Gasteiger partial charge >= 0.3 is 0 Å². The van der Waals surface area contributed by atoms with E-state index in [9.17, 15) is 14.9 Å². The number of nitro groups is 1. The minimum atomic E-state index is -0.382. The number of nitrogens with zero attached hydrogens (tertiary/aromatic N) is 2. The normalized spacial score (nSPS) is 19.9. The largest absolute Gasteiger partial charge is 0.486 e. The van der Waals surface area contributed by atoms with Crippen LogP contribution in [0, 0.1) is 10.1 Å². The molecule has 0 N–H and O–H groups in total. The summed E-state index contributed by atoms with van der Waals surface area (Å²) in [5, 5.41) is 10.9. The second-order valence-electron chi connectivity index (χ2n) is 7.15. The molecule has 7 heteroatoms. The summed E-state index contributed by atoms with van der Waals surface area (Å²) in [7, 11) is 0. The number of non-ortho nitro benzene ring substituents is 1. The Balaban J connectivity index is 1.51. The third-order valence-corrected chi connectivity index (χ3v) is 5.51. The Kier molecular flexibility index (Phi) is 5.25. The topological polar surface area (TPSA) is 81.9 Å². The van der Waals surface area contributed by atoms with Crippen LogP contribution in [0.1, 0.15) is 35.9 Å². The molecule has 2 aliphatic rings. The van der Waals surface area contributed by atoms with Crippen molar-refractivity contribution in [2.75, 3.05) is 26.3 Å². The lowest BCUT2D eigenvalue weighted by Gasteiger charge is -2.28. The van der Waals surface area contributed by atoms with Crippen LogP contribution in [-0.4, -0.2) is 42.4 Å². The van der Waals surface area contributed by atoms with E-state index in [0.29, 0.717) is 25.6 Å². The fraction of sp³-hybridized carbons (Fsp3) is 0.381. The second kappa shape index (κ2) is 7.98. The smallest absolute Gasteiger partial charge is 0.269 e. The first-order chi connectivity index (χ1) is 13.7. The van der Waals surface area contributed by atoms with E-state index in [1.54, 1.807) is 12.1 Å². The molecule has 28 heavy (non-hydrogen) atoms. The summed E-state index contributed by atoms with van der Waals surface area (Å²) in [6.45, 7) is 2.76. The molecular formula is C21H22N2O5. The van der Waals surface area contributed by atoms with Crippen molar-refractivity contribution in [3.05, 3.63) is 63.7 Å². The molecule has 0 spiro atoms. The first-order valence-corrected chi connectivity index (χ1v) is 9.47. The number of carbonyl (C=O) groups excluding carboxylic acids is 1. The van der Waals surface area contributed by atoms with Crippen molar-refractivity contribution in [3.63, 3.8) is 0 Å². The Labute approximate surface area is 163 Å². The Hall–Kier alpha value is -2.93. The molecule has 4 rings (SSSR count). The number of aldehydes is 1. The molecule has 0 radical (unpaired) electrons. The number of ether oxygens (including phenoxy) is 2. The van der Waals surface area contributed by atoms with Gasteiger partial charge in [0.05, 0.1) is 4.92 Å². The third-order valence-electron chi connectivity index (χ3n) is 5.51. The van der Waals surface area contributed by atoms with Gasteiger partial charge < -0.3 is 14.3 Å². The van der Waals surface area contributed by atoms with Crippen LogP contribution in [0.25, 0.3) is 0 Å². The monoisotopic (exact) mass is 382 g/mol. The zero-order valence-electron chi connectivity index (χ0n) is 15.5. The van der Waals surface area contributed by atoms with E-state index in [1.807, 2.05) is 30.3 Å². The molecule has 2 aliphatic heterocycles. The number of benzene rings is 2. The van der Waals surface area contributed by atoms with Crippen molar-refractivity contribution in [2.24, 2.45) is 0 Å². The fourth-order valence-corrected chi connectivity index (χ4v) is 4.07. The number of likely N-dealkylation sites (tertiary alicyclic amines) is 1. The Morgan fingerprint density at radius 1 is 1.14 bits per heavy atom. The van der Waals surface area contributed by atoms with Crippen LogP contribution >= 0.6 is 0 Å². The van der Waals surface area contributed by atoms with E-state index in [0.717, 1.165) is 48.4 Å². The van der Waals surface area contributed by atoms with Crippen LogP contribution in [0.2, 0.25) is 0 Å². The highest BCUT2D eigenvalue weighted by molar-refractivity contribution is 5.53. The minimum Gasteiger partial charge on any atom is -0.486 e. The molecule has 0 amide bonds. The molecule has 146 valence electrons. The lowest BCUT2D eigenvalue weighted by Crippen LogP contribution is -2.27. The van der Waals surface area contributed by atoms with Crippen molar-refractivity contribution >= 4 is 12.0 Å². The molecule has 2 heterocycles. The molecule has 1 fully saturated rings. The summed E-state index contributed by atoms with van der Waals surface area (Å²) in [5.74, 6) is 1.77. The summed E-state index contributed by atoms with van der Waals surface area (Å²) in [6.07, 6.45) is 2.32. The molecular weight excluding hydrogens is 360 g/mol. The van der Waals surface area contributed by atoms with E-state index in [1.165, 1.54) is 0 Å². The molecule has 1 saturated heterocycles. The maximum absolute atomic E-state index is 11.3. The Morgan fingerprint density at radius 2 is 1.89 bits per heavy atom. The van der Waals surface area contributed by atoms with Crippen molar-refractivity contribution in [2.45, 2.75) is 24.8 Å². The highest BCUT2D eigenvalue weighted by Crippen LogP contribution is 2.38. The minimum absolute atomic E-state index is 0.0172. The number of rotatable bonds is 6. The highest BCUT2D eigenvalue weighted by atomic mass is 16.6. The van der Waals surface area contributed by atoms with E-state index in [2.05, 4.69) is 4.90 Å². The molecule has 2 aromatic rings. The summed E-state index contributed by atoms with van der Waals surface area (Å²) in [4.78, 5) is 24.1. The lowest BCUT2D eigenvalue weighted by atomic mass is 9.98. The molecule has 2 atom stereocenters. The highest BCUT2D eigenvalue weighted by Gasteiger charge is 2.30. The molecule has 2 unspecified atom stereocenters. The van der Waals surface area contributed by atoms with E-state index in [-0.39, 0.29) is 16.7 Å². The standard InChI is InChI=1S/C21H22N2O5/c24-10-8-19(16-3-6-20-21(13-16)28-12-11-27-20)22-9-7-17(14-22)15-1-4-18(5-2-15)23(25)26/h1-6,10,13,17,19H,7-9,11-12,14H2. The maximum atomic E-state index is 11.3. The van der Waals surface area contributed by atoms with Crippen LogP contribution in [-0.2, 0) is 4.79 Å². The van der Waals surface area contributed by atoms with Gasteiger partial charge in [0.15, 0.2) is 11.5 Å². The molecule has 7 nitrogen and oxygen atoms in total. The SMILES string of the molecule is O=CCC(c1ccc2c(c1)OCCO2)N1CCC(c2ccc([N+](=O)[O-])cc2)C1. The predicted molar refractivity (Wildman–Crippen MR) is 103 cm³/mol. The average molecular weight is 382 g/mol. The van der Waals surface area contributed by atoms with Gasteiger partial charge in [0.25, 0.3) is 5.69 Å². The molecule has 0 bridgehead atoms. The Morgan fingerprint density at radius 3 is 2.61 bits per heavy atom. The van der Waals surface area contributed by atoms with Gasteiger partial charge in [-0.05, 0) is 42.1 Å². The fourth-order valence-electron chi connectivity index (χ4n) is 4.07. The molecule has 0 saturated carbocycles. The summed E-state index contributed by atoms with van der Waals surface area (Å²) < 4.78 is 11.3. The van der Waals surface area contributed by atoms with Crippen LogP contribution in [0.15, 0.2) is 42.5 Å². The number of hydrogen-bond donors (Lipinski definition) is 0. The van der Waals surface area contributed by atoms with Crippen LogP contribution < -0.4 is 9.47 Å². The zero-order chi connectivity index (χ0) is 19.5. The number of fused-ring (bicyclic) bond motifs is 1. The Bertz CT molecular complexity index is 868. The lowest BCUT2D eigenvalue weighted by molar-refractivity contribution is -0.384. The number of carbonyl (C=O) groups is 1. The van der Waals surface area contributed by atoms with Gasteiger partial charge in [-0.2, -0.15) is 0 Å². The van der Waals surface area contributed by atoms with Crippen LogP contribution in [0.4, 0.5) is 5.69 Å². The van der Waals surface area contributed by atoms with Gasteiger partial charge in [-0.3, -0.25) is 15.0 Å². The first-order valence-electron chi connectivity index (χ1n) is 9.47. The molecule has 2 aromatic carbocycles. The van der Waals surface area contributed by atoms with Gasteiger partial charge in [-0.1, -0.05) is 18.2 Å². The average Bonchev–Trinajstić information content (AvgIpc) is 3.21. The number of nitro benzene ring substituents is 1. The predicted octanol–water partition coefficient (Wildman–Crippen LogP) is 3.49. The van der Waals surface area contributed by atoms with E-state index in [4.69, 9.17) is 9.47 Å². The van der Waals surface area contributed by atoms with E-state index >= 15 is 0 Å². The van der Waals surface area contributed by atoms with E-state index < -0.39 is 0 Å². The third kappa shape index (κ3) is 3.71. The molecule has 0 aliphatic carbocycles. The van der Waals surface area contributed by atoms with Gasteiger partial charge in [0, 0.05) is 31.1 Å². The van der Waals surface area contributed by atoms with Gasteiger partial charge in [0.1, 0.15) is 19.5 Å². The van der Waals surface area contributed by atoms with Gasteiger partial charge in [-0.15, -0.1) is 0 Å². The van der Waals surface area contributed by atoms with Gasteiger partial charge in [0.2, 0.25) is 0 Å². The van der Waals surface area contributed by atoms with Crippen molar-refractivity contribution < 1.29 is 19.2 Å². The zero-order valence-corrected chi connectivity index (χ0v) is 15.5. The summed E-state index contributed by atoms with van der Waals surface area (Å²) >= 11 is 0. The van der Waals surface area contributed by atoms with Crippen molar-refractivity contribution in [1.82, 2.24) is 4.90 Å². The van der Waals surface area contributed by atoms with Crippen LogP contribution in [0.3, 0.4) is 0 Å². The van der Waals surface area contributed by atoms with Crippen LogP contribution in [0.5, 0.6) is 11.5 Å². The first kappa shape index (κ1) is 18.4. The quantitative estimate of drug-likeness (QED) is 0.432. The van der Waals surface area contributed by atoms with Crippen molar-refractivity contribution in [3.8, 4) is 11.5 Å². The number of hydrogen-bond acceptors (Lipinski definition) is 6. The maximum Gasteiger partial charge on any atom is 0.269 e. The van der Waals surface area contributed by atoms with Gasteiger partial charge in [-0.25, -0.2) is 0 Å².